The van der Waals surface area contributed by atoms with Crippen molar-refractivity contribution in [1.82, 2.24) is 0 Å². The summed E-state index contributed by atoms with van der Waals surface area (Å²) in [5.41, 5.74) is 6.42. The lowest BCUT2D eigenvalue weighted by Crippen LogP contribution is -3.19. The highest BCUT2D eigenvalue weighted by Gasteiger charge is 2.28. The second-order valence-electron chi connectivity index (χ2n) is 4.72. The summed E-state index contributed by atoms with van der Waals surface area (Å²) in [7, 11) is 0. The molecule has 1 amide bonds. The number of hydrogen-bond donors (Lipinski definition) is 2. The van der Waals surface area contributed by atoms with E-state index < -0.39 is 0 Å². The molecular formula is C13H19ClN3O+. The Kier molecular flexibility index (Phi) is 4.09. The maximum Gasteiger partial charge on any atom is 0.275 e. The number of quaternary nitrogens is 1. The van der Waals surface area contributed by atoms with Crippen LogP contribution in [0.15, 0.2) is 24.3 Å². The summed E-state index contributed by atoms with van der Waals surface area (Å²) >= 11 is 6.18. The first-order chi connectivity index (χ1) is 8.59. The monoisotopic (exact) mass is 268 g/mol. The van der Waals surface area contributed by atoms with Crippen LogP contribution in [0.3, 0.4) is 0 Å². The summed E-state index contributed by atoms with van der Waals surface area (Å²) in [4.78, 5) is 14.7. The minimum atomic E-state index is -0.226. The molecule has 1 aromatic carbocycles. The van der Waals surface area contributed by atoms with Crippen LogP contribution in [0, 0.1) is 0 Å². The molecule has 1 aromatic rings. The van der Waals surface area contributed by atoms with Gasteiger partial charge in [0.2, 0.25) is 0 Å². The first kappa shape index (κ1) is 13.2. The van der Waals surface area contributed by atoms with Gasteiger partial charge >= 0.3 is 0 Å². The number of anilines is 1. The number of carbonyl (C=O) groups excluding carboxylic acids is 1. The van der Waals surface area contributed by atoms with Crippen LogP contribution >= 0.6 is 11.6 Å². The largest absolute Gasteiger partial charge is 0.365 e. The maximum absolute atomic E-state index is 11.2. The Hall–Kier alpha value is -1.26. The molecule has 98 valence electrons. The van der Waals surface area contributed by atoms with Gasteiger partial charge in [-0.15, -0.1) is 0 Å². The molecule has 0 saturated carbocycles. The number of piperazine rings is 1. The predicted molar refractivity (Wildman–Crippen MR) is 73.0 cm³/mol. The molecule has 0 radical (unpaired) electrons. The Labute approximate surface area is 112 Å². The molecule has 0 unspecified atom stereocenters. The predicted octanol–water partition coefficient (Wildman–Crippen LogP) is -0.0813. The van der Waals surface area contributed by atoms with E-state index in [1.807, 2.05) is 31.2 Å². The minimum Gasteiger partial charge on any atom is -0.365 e. The van der Waals surface area contributed by atoms with E-state index in [1.54, 1.807) is 0 Å². The van der Waals surface area contributed by atoms with E-state index in [0.29, 0.717) is 0 Å². The van der Waals surface area contributed by atoms with E-state index in [0.717, 1.165) is 36.9 Å². The molecule has 1 saturated heterocycles. The molecule has 1 aliphatic rings. The van der Waals surface area contributed by atoms with Crippen LogP contribution in [0.5, 0.6) is 0 Å². The van der Waals surface area contributed by atoms with Gasteiger partial charge in [-0.1, -0.05) is 23.7 Å². The fourth-order valence-electron chi connectivity index (χ4n) is 2.38. The molecule has 0 bridgehead atoms. The van der Waals surface area contributed by atoms with E-state index in [1.165, 1.54) is 4.90 Å². The van der Waals surface area contributed by atoms with E-state index >= 15 is 0 Å². The minimum absolute atomic E-state index is 0.113. The molecule has 5 heteroatoms. The zero-order chi connectivity index (χ0) is 13.1. The fourth-order valence-corrected chi connectivity index (χ4v) is 2.63. The summed E-state index contributed by atoms with van der Waals surface area (Å²) < 4.78 is 0. The Morgan fingerprint density at radius 3 is 2.56 bits per heavy atom. The average Bonchev–Trinajstić information content (AvgIpc) is 2.38. The molecule has 4 nitrogen and oxygen atoms in total. The van der Waals surface area contributed by atoms with Crippen molar-refractivity contribution in [2.45, 2.75) is 13.0 Å². The van der Waals surface area contributed by atoms with Crippen molar-refractivity contribution in [1.29, 1.82) is 0 Å². The van der Waals surface area contributed by atoms with E-state index in [2.05, 4.69) is 4.90 Å². The Morgan fingerprint density at radius 1 is 1.39 bits per heavy atom. The number of nitrogens with one attached hydrogen (secondary N) is 1. The summed E-state index contributed by atoms with van der Waals surface area (Å²) in [6.45, 7) is 5.51. The first-order valence-corrected chi connectivity index (χ1v) is 6.60. The number of nitrogens with zero attached hydrogens (tertiary/aromatic N) is 1. The number of benzene rings is 1. The van der Waals surface area contributed by atoms with Crippen molar-refractivity contribution < 1.29 is 9.69 Å². The highest BCUT2D eigenvalue weighted by molar-refractivity contribution is 6.33. The normalized spacial score (nSPS) is 18.7. The first-order valence-electron chi connectivity index (χ1n) is 6.23. The topological polar surface area (TPSA) is 50.8 Å². The number of hydrogen-bond acceptors (Lipinski definition) is 2. The molecule has 1 aliphatic heterocycles. The standard InChI is InChI=1S/C13H18ClN3O/c1-10(13(15)18)16-6-8-17(9-7-16)12-5-3-2-4-11(12)14/h2-5,10H,6-9H2,1H3,(H2,15,18)/p+1/t10-/m1/s1. The number of rotatable bonds is 3. The highest BCUT2D eigenvalue weighted by atomic mass is 35.5. The molecule has 0 aliphatic carbocycles. The highest BCUT2D eigenvalue weighted by Crippen LogP contribution is 2.24. The quantitative estimate of drug-likeness (QED) is 0.806. The van der Waals surface area contributed by atoms with Crippen molar-refractivity contribution in [3.05, 3.63) is 29.3 Å². The molecule has 1 atom stereocenters. The number of halogens is 1. The Morgan fingerprint density at radius 2 is 2.00 bits per heavy atom. The smallest absolute Gasteiger partial charge is 0.275 e. The molecule has 1 heterocycles. The van der Waals surface area contributed by atoms with Gasteiger partial charge in [-0.2, -0.15) is 0 Å². The number of nitrogens with two attached hydrogens (primary N) is 1. The van der Waals surface area contributed by atoms with Gasteiger partial charge in [-0.05, 0) is 19.1 Å². The third kappa shape index (κ3) is 2.76. The fraction of sp³-hybridized carbons (Fsp3) is 0.462. The lowest BCUT2D eigenvalue weighted by Gasteiger charge is -2.35. The van der Waals surface area contributed by atoms with Crippen LogP contribution < -0.4 is 15.5 Å². The van der Waals surface area contributed by atoms with Crippen LogP contribution in [0.25, 0.3) is 0 Å². The van der Waals surface area contributed by atoms with Crippen LogP contribution in [0.4, 0.5) is 5.69 Å². The van der Waals surface area contributed by atoms with E-state index in [-0.39, 0.29) is 11.9 Å². The molecule has 1 fully saturated rings. The summed E-state index contributed by atoms with van der Waals surface area (Å²) in [6.07, 6.45) is 0. The Bertz CT molecular complexity index is 430. The number of amides is 1. The molecule has 2 rings (SSSR count). The van der Waals surface area contributed by atoms with Crippen LogP contribution in [-0.4, -0.2) is 38.1 Å². The molecule has 0 spiro atoms. The van der Waals surface area contributed by atoms with Gasteiger partial charge in [0.25, 0.3) is 5.91 Å². The van der Waals surface area contributed by atoms with Gasteiger partial charge in [0.1, 0.15) is 0 Å². The second kappa shape index (κ2) is 5.59. The van der Waals surface area contributed by atoms with Crippen molar-refractivity contribution in [2.24, 2.45) is 5.73 Å². The molecule has 3 N–H and O–H groups in total. The maximum atomic E-state index is 11.2. The van der Waals surface area contributed by atoms with Crippen molar-refractivity contribution in [3.8, 4) is 0 Å². The summed E-state index contributed by atoms with van der Waals surface area (Å²) in [5.74, 6) is -0.226. The average molecular weight is 269 g/mol. The number of carbonyl (C=O) groups is 1. The summed E-state index contributed by atoms with van der Waals surface area (Å²) in [5, 5.41) is 0.781. The number of para-hydroxylation sites is 1. The number of primary amides is 1. The van der Waals surface area contributed by atoms with Crippen LogP contribution in [-0.2, 0) is 4.79 Å². The van der Waals surface area contributed by atoms with Gasteiger partial charge in [-0.25, -0.2) is 0 Å². The second-order valence-corrected chi connectivity index (χ2v) is 5.13. The van der Waals surface area contributed by atoms with Crippen molar-refractivity contribution in [3.63, 3.8) is 0 Å². The van der Waals surface area contributed by atoms with Gasteiger partial charge in [-0.3, -0.25) is 4.79 Å². The van der Waals surface area contributed by atoms with E-state index in [4.69, 9.17) is 17.3 Å². The molecular weight excluding hydrogens is 250 g/mol. The molecule has 0 aromatic heterocycles. The van der Waals surface area contributed by atoms with Gasteiger partial charge < -0.3 is 15.5 Å². The summed E-state index contributed by atoms with van der Waals surface area (Å²) in [6, 6.07) is 7.75. The van der Waals surface area contributed by atoms with Crippen molar-refractivity contribution >= 4 is 23.2 Å². The lowest BCUT2D eigenvalue weighted by atomic mass is 10.2. The van der Waals surface area contributed by atoms with Crippen molar-refractivity contribution in [2.75, 3.05) is 31.1 Å². The van der Waals surface area contributed by atoms with Gasteiger partial charge in [0.05, 0.1) is 36.9 Å². The van der Waals surface area contributed by atoms with Crippen LogP contribution in [0.2, 0.25) is 5.02 Å². The van der Waals surface area contributed by atoms with Gasteiger partial charge in [0, 0.05) is 0 Å². The zero-order valence-corrected chi connectivity index (χ0v) is 11.3. The SMILES string of the molecule is C[C@H](C(N)=O)[NH+]1CCN(c2ccccc2Cl)CC1. The Balaban J connectivity index is 1.99. The van der Waals surface area contributed by atoms with Crippen LogP contribution in [0.1, 0.15) is 6.92 Å². The third-order valence-corrected chi connectivity index (χ3v) is 3.96. The zero-order valence-electron chi connectivity index (χ0n) is 10.5. The van der Waals surface area contributed by atoms with Gasteiger partial charge in [0.15, 0.2) is 6.04 Å². The molecule has 18 heavy (non-hydrogen) atoms. The third-order valence-electron chi connectivity index (χ3n) is 3.64. The van der Waals surface area contributed by atoms with E-state index in [9.17, 15) is 4.79 Å². The lowest BCUT2D eigenvalue weighted by molar-refractivity contribution is -0.914.